The number of aliphatic hydroxyl groups excluding tert-OH is 6. The molecule has 1 aromatic carbocycles. The Hall–Kier alpha value is -1.29. The molecule has 6 atom stereocenters. The van der Waals surface area contributed by atoms with Crippen LogP contribution in [0.5, 0.6) is 0 Å². The molecule has 0 radical (unpaired) electrons. The number of carbonyl (C=O) groups is 1. The smallest absolute Gasteiger partial charge is 0.394 e. The van der Waals surface area contributed by atoms with E-state index in [1.165, 1.54) is 0 Å². The molecule has 0 saturated heterocycles. The summed E-state index contributed by atoms with van der Waals surface area (Å²) in [7, 11) is -2.53. The maximum Gasteiger partial charge on any atom is 0.542 e. The SMILES string of the molecule is O=C[C@H](O)[C@@H](O)[C@H](O)[C@H](O)CO.O=[P+](O)C(O)c1ccccc1. The van der Waals surface area contributed by atoms with E-state index in [1.54, 1.807) is 30.3 Å². The van der Waals surface area contributed by atoms with Crippen LogP contribution >= 0.6 is 8.03 Å². The average molecular weight is 351 g/mol. The van der Waals surface area contributed by atoms with Gasteiger partial charge in [-0.15, -0.1) is 0 Å². The molecule has 0 aromatic heterocycles. The van der Waals surface area contributed by atoms with Crippen LogP contribution in [0.4, 0.5) is 0 Å². The number of rotatable bonds is 7. The third kappa shape index (κ3) is 7.69. The number of hydrogen-bond acceptors (Lipinski definition) is 8. The van der Waals surface area contributed by atoms with Crippen molar-refractivity contribution in [3.63, 3.8) is 0 Å². The summed E-state index contributed by atoms with van der Waals surface area (Å²) in [5.74, 6) is -1.26. The Morgan fingerprint density at radius 3 is 1.91 bits per heavy atom. The van der Waals surface area contributed by atoms with Crippen molar-refractivity contribution >= 4 is 14.3 Å². The standard InChI is InChI=1S/C7H7O3P.C6H12O6/c8-7(11(9)10)6-4-2-1-3-5-6;7-1-3(9)5(11)6(12)4(10)2-8/h1-5,7-8H;1,3-6,8-12H,2H2/p+1/t;3-,4+,5+,6+/m.0/s1. The van der Waals surface area contributed by atoms with Gasteiger partial charge in [0.15, 0.2) is 6.29 Å². The predicted molar refractivity (Wildman–Crippen MR) is 78.4 cm³/mol. The van der Waals surface area contributed by atoms with E-state index in [-0.39, 0.29) is 6.29 Å². The molecule has 10 heteroatoms. The number of aliphatic hydroxyl groups is 6. The van der Waals surface area contributed by atoms with Crippen molar-refractivity contribution in [1.82, 2.24) is 0 Å². The maximum absolute atomic E-state index is 10.4. The molecule has 0 fully saturated rings. The lowest BCUT2D eigenvalue weighted by Gasteiger charge is -2.22. The maximum atomic E-state index is 10.4. The van der Waals surface area contributed by atoms with Crippen LogP contribution in [-0.4, -0.2) is 72.8 Å². The molecular weight excluding hydrogens is 331 g/mol. The Kier molecular flexibility index (Phi) is 10.6. The summed E-state index contributed by atoms with van der Waals surface area (Å²) in [5.41, 5.74) is 0.469. The minimum absolute atomic E-state index is 0.0258. The molecule has 130 valence electrons. The molecule has 0 heterocycles. The third-order valence-electron chi connectivity index (χ3n) is 2.73. The van der Waals surface area contributed by atoms with E-state index in [9.17, 15) is 9.36 Å². The monoisotopic (exact) mass is 351 g/mol. The topological polar surface area (TPSA) is 176 Å². The molecule has 9 nitrogen and oxygen atoms in total. The van der Waals surface area contributed by atoms with Crippen LogP contribution < -0.4 is 0 Å². The molecule has 1 aromatic rings. The van der Waals surface area contributed by atoms with Crippen LogP contribution in [0.15, 0.2) is 30.3 Å². The first-order valence-electron chi connectivity index (χ1n) is 6.42. The van der Waals surface area contributed by atoms with Crippen molar-refractivity contribution in [1.29, 1.82) is 0 Å². The lowest BCUT2D eigenvalue weighted by atomic mass is 10.0. The van der Waals surface area contributed by atoms with Gasteiger partial charge in [-0.05, 0) is 4.57 Å². The first-order valence-corrected chi connectivity index (χ1v) is 7.71. The molecule has 1 rings (SSSR count). The van der Waals surface area contributed by atoms with Crippen molar-refractivity contribution < 1.29 is 44.9 Å². The van der Waals surface area contributed by atoms with Gasteiger partial charge in [0.05, 0.1) is 6.61 Å². The zero-order valence-corrected chi connectivity index (χ0v) is 12.8. The summed E-state index contributed by atoms with van der Waals surface area (Å²) in [6, 6.07) is 8.40. The van der Waals surface area contributed by atoms with Gasteiger partial charge in [0.1, 0.15) is 24.4 Å². The molecule has 0 aliphatic rings. The third-order valence-corrected chi connectivity index (χ3v) is 3.44. The van der Waals surface area contributed by atoms with Crippen molar-refractivity contribution in [2.24, 2.45) is 0 Å². The van der Waals surface area contributed by atoms with Gasteiger partial charge in [-0.25, -0.2) is 0 Å². The van der Waals surface area contributed by atoms with E-state index in [1.807, 2.05) is 0 Å². The summed E-state index contributed by atoms with van der Waals surface area (Å²) >= 11 is 0. The molecule has 2 unspecified atom stereocenters. The zero-order valence-electron chi connectivity index (χ0n) is 12.0. The van der Waals surface area contributed by atoms with E-state index in [0.717, 1.165) is 0 Å². The van der Waals surface area contributed by atoms with Gasteiger partial charge in [0.25, 0.3) is 0 Å². The summed E-state index contributed by atoms with van der Waals surface area (Å²) in [6.45, 7) is -0.760. The van der Waals surface area contributed by atoms with Gasteiger partial charge in [-0.2, -0.15) is 4.89 Å². The minimum Gasteiger partial charge on any atom is -0.394 e. The fourth-order valence-electron chi connectivity index (χ4n) is 1.37. The highest BCUT2D eigenvalue weighted by Gasteiger charge is 2.29. The Bertz CT molecular complexity index is 470. The summed E-state index contributed by atoms with van der Waals surface area (Å²) in [5, 5.41) is 52.6. The fourth-order valence-corrected chi connectivity index (χ4v) is 1.80. The highest BCUT2D eigenvalue weighted by atomic mass is 31.1. The van der Waals surface area contributed by atoms with Crippen LogP contribution in [0.25, 0.3) is 0 Å². The molecule has 0 aliphatic carbocycles. The van der Waals surface area contributed by atoms with Gasteiger partial charge in [-0.3, -0.25) is 0 Å². The number of aldehydes is 1. The fraction of sp³-hybridized carbons (Fsp3) is 0.462. The second-order valence-corrected chi connectivity index (χ2v) is 5.54. The van der Waals surface area contributed by atoms with Crippen LogP contribution in [-0.2, 0) is 9.36 Å². The Balaban J connectivity index is 0.000000422. The largest absolute Gasteiger partial charge is 0.542 e. The van der Waals surface area contributed by atoms with Crippen molar-refractivity contribution in [2.75, 3.05) is 6.61 Å². The number of carbonyl (C=O) groups excluding carboxylic acids is 1. The highest BCUT2D eigenvalue weighted by Crippen LogP contribution is 2.34. The first kappa shape index (κ1) is 21.7. The second-order valence-electron chi connectivity index (χ2n) is 4.44. The molecule has 0 bridgehead atoms. The Morgan fingerprint density at radius 1 is 1.00 bits per heavy atom. The van der Waals surface area contributed by atoms with Gasteiger partial charge in [0, 0.05) is 5.56 Å². The molecular formula is C13H20O9P+. The van der Waals surface area contributed by atoms with E-state index in [4.69, 9.17) is 35.5 Å². The van der Waals surface area contributed by atoms with Crippen molar-refractivity contribution in [3.05, 3.63) is 35.9 Å². The predicted octanol–water partition coefficient (Wildman–Crippen LogP) is -1.97. The van der Waals surface area contributed by atoms with Crippen LogP contribution in [0.3, 0.4) is 0 Å². The van der Waals surface area contributed by atoms with Crippen molar-refractivity contribution in [3.8, 4) is 0 Å². The van der Waals surface area contributed by atoms with Gasteiger partial charge in [-0.1, -0.05) is 30.3 Å². The molecule has 7 N–H and O–H groups in total. The van der Waals surface area contributed by atoms with Gasteiger partial charge < -0.3 is 35.4 Å². The molecule has 0 spiro atoms. The lowest BCUT2D eigenvalue weighted by Crippen LogP contribution is -2.46. The molecule has 0 amide bonds. The lowest BCUT2D eigenvalue weighted by molar-refractivity contribution is -0.136. The summed E-state index contributed by atoms with van der Waals surface area (Å²) in [6.07, 6.45) is -6.84. The number of benzene rings is 1. The van der Waals surface area contributed by atoms with Gasteiger partial charge in [0.2, 0.25) is 0 Å². The quantitative estimate of drug-likeness (QED) is 0.217. The first-order chi connectivity index (χ1) is 10.8. The van der Waals surface area contributed by atoms with E-state index < -0.39 is 44.9 Å². The molecule has 0 saturated carbocycles. The summed E-state index contributed by atoms with van der Waals surface area (Å²) in [4.78, 5) is 18.4. The highest BCUT2D eigenvalue weighted by molar-refractivity contribution is 7.38. The number of hydrogen-bond donors (Lipinski definition) is 7. The second kappa shape index (κ2) is 11.3. The zero-order chi connectivity index (χ0) is 18.0. The van der Waals surface area contributed by atoms with Crippen LogP contribution in [0.2, 0.25) is 0 Å². The van der Waals surface area contributed by atoms with E-state index in [0.29, 0.717) is 5.56 Å². The van der Waals surface area contributed by atoms with Gasteiger partial charge >= 0.3 is 13.9 Å². The molecule has 23 heavy (non-hydrogen) atoms. The average Bonchev–Trinajstić information content (AvgIpc) is 2.59. The van der Waals surface area contributed by atoms with Crippen LogP contribution in [0.1, 0.15) is 11.4 Å². The van der Waals surface area contributed by atoms with E-state index in [2.05, 4.69) is 0 Å². The van der Waals surface area contributed by atoms with Crippen LogP contribution in [0, 0.1) is 0 Å². The summed E-state index contributed by atoms with van der Waals surface area (Å²) < 4.78 is 10.4. The molecule has 0 aliphatic heterocycles. The normalized spacial score (nSPS) is 17.8. The van der Waals surface area contributed by atoms with Crippen molar-refractivity contribution in [2.45, 2.75) is 30.3 Å². The Morgan fingerprint density at radius 2 is 1.52 bits per heavy atom. The minimum atomic E-state index is -2.53. The van der Waals surface area contributed by atoms with E-state index >= 15 is 0 Å². The Labute approximate surface area is 133 Å².